The SMILES string of the molecule is C=CC(=O)N1CCn2nc(-c3nc(-c4ccc5c(cnn5C)c4)c4ccsc4c3C=C(F)/C=C/F)cc2C1.[B]C([B])([B])OCCOC=C. The predicted octanol–water partition coefficient (Wildman–Crippen LogP) is 5.32. The molecule has 5 heterocycles. The molecule has 0 saturated carbocycles. The van der Waals surface area contributed by atoms with Gasteiger partial charge in [0.15, 0.2) is 0 Å². The first-order valence-corrected chi connectivity index (χ1v) is 15.6. The molecule has 1 aromatic carbocycles. The summed E-state index contributed by atoms with van der Waals surface area (Å²) in [5.41, 5.74) is 5.01. The van der Waals surface area contributed by atoms with Crippen molar-refractivity contribution in [1.29, 1.82) is 0 Å². The topological polar surface area (TPSA) is 87.3 Å². The van der Waals surface area contributed by atoms with Gasteiger partial charge in [-0.05, 0) is 47.1 Å². The third-order valence-corrected chi connectivity index (χ3v) is 8.31. The molecule has 0 spiro atoms. The maximum Gasteiger partial charge on any atom is 0.246 e. The summed E-state index contributed by atoms with van der Waals surface area (Å²) in [5.74, 6) is -0.879. The fourth-order valence-electron chi connectivity index (χ4n) is 5.20. The van der Waals surface area contributed by atoms with Gasteiger partial charge in [0.25, 0.3) is 0 Å². The normalized spacial score (nSPS) is 13.4. The predicted molar refractivity (Wildman–Crippen MR) is 188 cm³/mol. The van der Waals surface area contributed by atoms with E-state index in [1.54, 1.807) is 11.1 Å². The van der Waals surface area contributed by atoms with Crippen LogP contribution in [0.2, 0.25) is 0 Å². The Bertz CT molecular complexity index is 2030. The van der Waals surface area contributed by atoms with E-state index in [1.807, 2.05) is 52.1 Å². The molecule has 0 saturated heterocycles. The van der Waals surface area contributed by atoms with Crippen LogP contribution in [0.25, 0.3) is 49.7 Å². The minimum atomic E-state index is -1.56. The van der Waals surface area contributed by atoms with E-state index >= 15 is 0 Å². The van der Waals surface area contributed by atoms with Gasteiger partial charge in [-0.25, -0.2) is 13.8 Å². The van der Waals surface area contributed by atoms with E-state index in [9.17, 15) is 13.6 Å². The highest BCUT2D eigenvalue weighted by Gasteiger charge is 2.24. The van der Waals surface area contributed by atoms with Crippen LogP contribution in [-0.4, -0.2) is 83.9 Å². The van der Waals surface area contributed by atoms with Crippen LogP contribution < -0.4 is 0 Å². The summed E-state index contributed by atoms with van der Waals surface area (Å²) in [5, 5.41) is 11.3. The standard InChI is InChI=1S/C28H22F2N6OS.C5H7B3O2/c1-3-25(37)35-9-10-36-20(16-35)14-23(33-36)27-22(13-19(30)6-8-29)28-21(7-11-38-28)26(32-27)17-4-5-24-18(12-17)15-31-34(24)2;1-2-9-3-4-10-5(6,7)8/h3-8,11-15H,1,9-10,16H2,2H3;2H,1,3-4H2/b8-6+,19-13?;. The Morgan fingerprint density at radius 3 is 2.69 bits per heavy atom. The molecule has 0 aliphatic carbocycles. The molecule has 1 amide bonds. The van der Waals surface area contributed by atoms with Crippen LogP contribution in [0.3, 0.4) is 0 Å². The van der Waals surface area contributed by atoms with Crippen molar-refractivity contribution in [3.05, 3.63) is 96.9 Å². The maximum absolute atomic E-state index is 14.6. The summed E-state index contributed by atoms with van der Waals surface area (Å²) in [4.78, 5) is 18.9. The van der Waals surface area contributed by atoms with Crippen molar-refractivity contribution >= 4 is 67.8 Å². The van der Waals surface area contributed by atoms with Crippen molar-refractivity contribution < 1.29 is 23.0 Å². The minimum absolute atomic E-state index is 0.145. The molecule has 6 radical (unpaired) electrons. The number of benzene rings is 1. The zero-order valence-electron chi connectivity index (χ0n) is 26.2. The van der Waals surface area contributed by atoms with Crippen molar-refractivity contribution in [2.24, 2.45) is 7.05 Å². The number of allylic oxidation sites excluding steroid dienone is 2. The summed E-state index contributed by atoms with van der Waals surface area (Å²) < 4.78 is 41.3. The third kappa shape index (κ3) is 7.85. The molecular weight excluding hydrogens is 631 g/mol. The molecule has 0 atom stereocenters. The van der Waals surface area contributed by atoms with Crippen LogP contribution in [0, 0.1) is 0 Å². The van der Waals surface area contributed by atoms with Crippen molar-refractivity contribution in [2.75, 3.05) is 19.8 Å². The van der Waals surface area contributed by atoms with Crippen molar-refractivity contribution in [3.8, 4) is 22.6 Å². The van der Waals surface area contributed by atoms with Gasteiger partial charge in [0.05, 0.1) is 78.9 Å². The van der Waals surface area contributed by atoms with Crippen LogP contribution in [0.4, 0.5) is 8.78 Å². The molecule has 238 valence electrons. The Balaban J connectivity index is 0.000000393. The molecule has 0 fully saturated rings. The number of pyridine rings is 1. The molecule has 9 nitrogen and oxygen atoms in total. The highest BCUT2D eigenvalue weighted by molar-refractivity contribution is 7.17. The molecular formula is C33H29B3F2N6O3S. The average Bonchev–Trinajstić information content (AvgIpc) is 3.81. The number of thiophene rings is 1. The first-order chi connectivity index (χ1) is 23.0. The van der Waals surface area contributed by atoms with E-state index in [1.165, 1.54) is 29.8 Å². The van der Waals surface area contributed by atoms with E-state index in [0.29, 0.717) is 43.2 Å². The Morgan fingerprint density at radius 2 is 1.96 bits per heavy atom. The number of rotatable bonds is 10. The quantitative estimate of drug-likeness (QED) is 0.0664. The van der Waals surface area contributed by atoms with Gasteiger partial charge in [-0.2, -0.15) is 10.2 Å². The number of fused-ring (bicyclic) bond motifs is 3. The van der Waals surface area contributed by atoms with Crippen LogP contribution in [0.15, 0.2) is 85.6 Å². The Labute approximate surface area is 284 Å². The summed E-state index contributed by atoms with van der Waals surface area (Å²) in [6.07, 6.45) is 6.63. The molecule has 0 bridgehead atoms. The maximum atomic E-state index is 14.6. The minimum Gasteiger partial charge on any atom is -0.499 e. The summed E-state index contributed by atoms with van der Waals surface area (Å²) in [7, 11) is 17.1. The lowest BCUT2D eigenvalue weighted by molar-refractivity contribution is -0.127. The van der Waals surface area contributed by atoms with Gasteiger partial charge in [-0.3, -0.25) is 14.2 Å². The Kier molecular flexibility index (Phi) is 10.8. The van der Waals surface area contributed by atoms with Gasteiger partial charge < -0.3 is 14.4 Å². The zero-order valence-corrected chi connectivity index (χ0v) is 27.0. The molecule has 0 unspecified atom stereocenters. The van der Waals surface area contributed by atoms with Gasteiger partial charge >= 0.3 is 0 Å². The van der Waals surface area contributed by atoms with Gasteiger partial charge in [0.2, 0.25) is 5.91 Å². The Morgan fingerprint density at radius 1 is 1.15 bits per heavy atom. The molecule has 4 aromatic heterocycles. The first kappa shape index (κ1) is 34.6. The first-order valence-electron chi connectivity index (χ1n) is 14.7. The van der Waals surface area contributed by atoms with Crippen LogP contribution >= 0.6 is 11.3 Å². The largest absolute Gasteiger partial charge is 0.499 e. The van der Waals surface area contributed by atoms with Crippen LogP contribution in [0.1, 0.15) is 11.3 Å². The van der Waals surface area contributed by atoms with Crippen molar-refractivity contribution in [2.45, 2.75) is 18.4 Å². The second-order valence-corrected chi connectivity index (χ2v) is 11.6. The fourth-order valence-corrected chi connectivity index (χ4v) is 6.11. The summed E-state index contributed by atoms with van der Waals surface area (Å²) in [6, 6.07) is 9.85. The number of aromatic nitrogens is 5. The number of hydrogen-bond donors (Lipinski definition) is 0. The zero-order chi connectivity index (χ0) is 34.4. The number of ether oxygens (including phenoxy) is 2. The van der Waals surface area contributed by atoms with E-state index < -0.39 is 11.1 Å². The van der Waals surface area contributed by atoms with Gasteiger partial charge in [-0.15, -0.1) is 11.3 Å². The molecule has 5 aromatic rings. The summed E-state index contributed by atoms with van der Waals surface area (Å²) in [6.45, 7) is 8.90. The van der Waals surface area contributed by atoms with Crippen molar-refractivity contribution in [3.63, 3.8) is 0 Å². The number of carbonyl (C=O) groups excluding carboxylic acids is 1. The van der Waals surface area contributed by atoms with Gasteiger partial charge in [-0.1, -0.05) is 19.2 Å². The van der Waals surface area contributed by atoms with Crippen LogP contribution in [-0.2, 0) is 34.4 Å². The molecule has 0 N–H and O–H groups in total. The molecule has 1 aliphatic rings. The number of aryl methyl sites for hydroxylation is 1. The second kappa shape index (κ2) is 15.0. The second-order valence-electron chi connectivity index (χ2n) is 10.7. The van der Waals surface area contributed by atoms with Crippen LogP contribution in [0.5, 0.6) is 0 Å². The summed E-state index contributed by atoms with van der Waals surface area (Å²) >= 11 is 1.46. The smallest absolute Gasteiger partial charge is 0.246 e. The Hall–Kier alpha value is -4.75. The van der Waals surface area contributed by atoms with E-state index in [2.05, 4.69) is 18.3 Å². The fraction of sp³-hybridized carbons (Fsp3) is 0.212. The van der Waals surface area contributed by atoms with Gasteiger partial charge in [0, 0.05) is 46.3 Å². The molecule has 6 rings (SSSR count). The molecule has 15 heteroatoms. The monoisotopic (exact) mass is 660 g/mol. The van der Waals surface area contributed by atoms with E-state index in [0.717, 1.165) is 44.0 Å². The highest BCUT2D eigenvalue weighted by Crippen LogP contribution is 2.40. The molecule has 48 heavy (non-hydrogen) atoms. The van der Waals surface area contributed by atoms with E-state index in [-0.39, 0.29) is 18.8 Å². The number of nitrogens with zero attached hydrogens (tertiary/aromatic N) is 6. The lowest BCUT2D eigenvalue weighted by Crippen LogP contribution is -2.37. The van der Waals surface area contributed by atoms with E-state index in [4.69, 9.17) is 43.1 Å². The third-order valence-electron chi connectivity index (χ3n) is 7.37. The van der Waals surface area contributed by atoms with Crippen molar-refractivity contribution in [1.82, 2.24) is 29.4 Å². The highest BCUT2D eigenvalue weighted by atomic mass is 32.1. The van der Waals surface area contributed by atoms with Gasteiger partial charge in [0.1, 0.15) is 23.8 Å². The number of carbonyl (C=O) groups is 1. The average molecular weight is 660 g/mol. The number of halogens is 2. The number of amides is 1. The number of hydrogen-bond acceptors (Lipinski definition) is 7. The lowest BCUT2D eigenvalue weighted by atomic mass is 9.52. The lowest BCUT2D eigenvalue weighted by Gasteiger charge is -2.26. The molecule has 1 aliphatic heterocycles.